The molecule has 0 heterocycles. The van der Waals surface area contributed by atoms with Crippen LogP contribution in [-0.2, 0) is 0 Å². The Labute approximate surface area is 98.4 Å². The first-order valence-electron chi connectivity index (χ1n) is 5.05. The van der Waals surface area contributed by atoms with Crippen LogP contribution in [0.3, 0.4) is 0 Å². The van der Waals surface area contributed by atoms with Crippen LogP contribution in [0.15, 0.2) is 18.2 Å². The largest absolute Gasteiger partial charge is 0.398 e. The SMILES string of the molecule is Nc1cc(Cl)ccc1C(=O)NC1(CO)CC1. The van der Waals surface area contributed by atoms with Gasteiger partial charge in [0.2, 0.25) is 0 Å². The van der Waals surface area contributed by atoms with Crippen molar-refractivity contribution < 1.29 is 9.90 Å². The molecule has 5 heteroatoms. The van der Waals surface area contributed by atoms with E-state index in [4.69, 9.17) is 22.4 Å². The third-order valence-electron chi connectivity index (χ3n) is 2.79. The number of halogens is 1. The maximum absolute atomic E-state index is 11.8. The molecular weight excluding hydrogens is 228 g/mol. The quantitative estimate of drug-likeness (QED) is 0.695. The number of nitrogens with one attached hydrogen (secondary N) is 1. The molecule has 0 atom stereocenters. The summed E-state index contributed by atoms with van der Waals surface area (Å²) in [6.45, 7) is -0.0355. The molecule has 1 aliphatic carbocycles. The van der Waals surface area contributed by atoms with Crippen LogP contribution < -0.4 is 11.1 Å². The number of hydrogen-bond donors (Lipinski definition) is 3. The van der Waals surface area contributed by atoms with E-state index in [2.05, 4.69) is 5.32 Å². The van der Waals surface area contributed by atoms with Gasteiger partial charge in [-0.15, -0.1) is 0 Å². The van der Waals surface area contributed by atoms with Crippen molar-refractivity contribution in [2.24, 2.45) is 0 Å². The first-order valence-corrected chi connectivity index (χ1v) is 5.42. The van der Waals surface area contributed by atoms with Gasteiger partial charge in [0.1, 0.15) is 0 Å². The van der Waals surface area contributed by atoms with E-state index in [0.29, 0.717) is 16.3 Å². The van der Waals surface area contributed by atoms with Crippen molar-refractivity contribution in [1.82, 2.24) is 5.32 Å². The molecule has 1 aliphatic rings. The lowest BCUT2D eigenvalue weighted by molar-refractivity contribution is 0.0907. The molecule has 0 saturated heterocycles. The minimum absolute atomic E-state index is 0.0355. The van der Waals surface area contributed by atoms with Gasteiger partial charge in [-0.1, -0.05) is 11.6 Å². The molecule has 1 fully saturated rings. The Kier molecular flexibility index (Phi) is 2.78. The van der Waals surface area contributed by atoms with Crippen molar-refractivity contribution >= 4 is 23.2 Å². The molecule has 0 aliphatic heterocycles. The molecular formula is C11H13ClN2O2. The highest BCUT2D eigenvalue weighted by Crippen LogP contribution is 2.35. The second-order valence-corrected chi connectivity index (χ2v) is 4.56. The highest BCUT2D eigenvalue weighted by Gasteiger charge is 2.43. The lowest BCUT2D eigenvalue weighted by Crippen LogP contribution is -2.39. The number of rotatable bonds is 3. The van der Waals surface area contributed by atoms with Crippen LogP contribution in [0.1, 0.15) is 23.2 Å². The number of aliphatic hydroxyl groups is 1. The summed E-state index contributed by atoms with van der Waals surface area (Å²) >= 11 is 5.74. The Morgan fingerprint density at radius 3 is 2.75 bits per heavy atom. The zero-order valence-corrected chi connectivity index (χ0v) is 9.42. The van der Waals surface area contributed by atoms with Gasteiger partial charge in [-0.2, -0.15) is 0 Å². The second kappa shape index (κ2) is 3.96. The monoisotopic (exact) mass is 240 g/mol. The number of anilines is 1. The van der Waals surface area contributed by atoms with Gasteiger partial charge in [-0.25, -0.2) is 0 Å². The molecule has 0 bridgehead atoms. The Morgan fingerprint density at radius 2 is 2.25 bits per heavy atom. The van der Waals surface area contributed by atoms with Gasteiger partial charge in [0, 0.05) is 10.7 Å². The molecule has 4 nitrogen and oxygen atoms in total. The van der Waals surface area contributed by atoms with Gasteiger partial charge in [-0.05, 0) is 31.0 Å². The molecule has 1 aromatic carbocycles. The summed E-state index contributed by atoms with van der Waals surface area (Å²) < 4.78 is 0. The second-order valence-electron chi connectivity index (χ2n) is 4.12. The molecule has 0 unspecified atom stereocenters. The summed E-state index contributed by atoms with van der Waals surface area (Å²) in [4.78, 5) is 11.8. The molecule has 0 radical (unpaired) electrons. The predicted molar refractivity (Wildman–Crippen MR) is 62.4 cm³/mol. The van der Waals surface area contributed by atoms with Crippen LogP contribution >= 0.6 is 11.6 Å². The normalized spacial score (nSPS) is 16.9. The molecule has 0 spiro atoms. The number of benzene rings is 1. The van der Waals surface area contributed by atoms with E-state index in [9.17, 15) is 4.79 Å². The molecule has 0 aromatic heterocycles. The number of aliphatic hydroxyl groups excluding tert-OH is 1. The highest BCUT2D eigenvalue weighted by atomic mass is 35.5. The van der Waals surface area contributed by atoms with Crippen molar-refractivity contribution in [2.75, 3.05) is 12.3 Å². The molecule has 16 heavy (non-hydrogen) atoms. The first-order chi connectivity index (χ1) is 7.56. The van der Waals surface area contributed by atoms with E-state index >= 15 is 0 Å². The van der Waals surface area contributed by atoms with E-state index in [1.165, 1.54) is 6.07 Å². The summed E-state index contributed by atoms with van der Waals surface area (Å²) in [5.41, 5.74) is 6.01. The average molecular weight is 241 g/mol. The predicted octanol–water partition coefficient (Wildman–Crippen LogP) is 1.18. The van der Waals surface area contributed by atoms with Crippen molar-refractivity contribution in [3.63, 3.8) is 0 Å². The Balaban J connectivity index is 2.15. The third kappa shape index (κ3) is 2.13. The molecule has 1 amide bonds. The van der Waals surface area contributed by atoms with Gasteiger partial charge < -0.3 is 16.2 Å². The topological polar surface area (TPSA) is 75.4 Å². The Hall–Kier alpha value is -1.26. The zero-order chi connectivity index (χ0) is 11.8. The zero-order valence-electron chi connectivity index (χ0n) is 8.66. The minimum atomic E-state index is -0.427. The maximum Gasteiger partial charge on any atom is 0.253 e. The van der Waals surface area contributed by atoms with Crippen LogP contribution in [0.5, 0.6) is 0 Å². The smallest absolute Gasteiger partial charge is 0.253 e. The van der Waals surface area contributed by atoms with Gasteiger partial charge in [0.25, 0.3) is 5.91 Å². The summed E-state index contributed by atoms with van der Waals surface area (Å²) in [6, 6.07) is 4.74. The maximum atomic E-state index is 11.8. The van der Waals surface area contributed by atoms with E-state index in [1.807, 2.05) is 0 Å². The van der Waals surface area contributed by atoms with Crippen LogP contribution in [0.25, 0.3) is 0 Å². The number of hydrogen-bond acceptors (Lipinski definition) is 3. The summed E-state index contributed by atoms with van der Waals surface area (Å²) in [7, 11) is 0. The van der Waals surface area contributed by atoms with Crippen LogP contribution in [0.2, 0.25) is 5.02 Å². The summed E-state index contributed by atoms with van der Waals surface area (Å²) in [5, 5.41) is 12.4. The fourth-order valence-electron chi connectivity index (χ4n) is 1.52. The fourth-order valence-corrected chi connectivity index (χ4v) is 1.70. The Bertz CT molecular complexity index is 430. The molecule has 2 rings (SSSR count). The van der Waals surface area contributed by atoms with E-state index in [-0.39, 0.29) is 12.5 Å². The minimum Gasteiger partial charge on any atom is -0.398 e. The van der Waals surface area contributed by atoms with Crippen molar-refractivity contribution in [3.05, 3.63) is 28.8 Å². The molecule has 1 aromatic rings. The Morgan fingerprint density at radius 1 is 1.56 bits per heavy atom. The van der Waals surface area contributed by atoms with Gasteiger partial charge >= 0.3 is 0 Å². The summed E-state index contributed by atoms with van der Waals surface area (Å²) in [6.07, 6.45) is 1.62. The number of carbonyl (C=O) groups excluding carboxylic acids is 1. The highest BCUT2D eigenvalue weighted by molar-refractivity contribution is 6.31. The van der Waals surface area contributed by atoms with Gasteiger partial charge in [0.05, 0.1) is 17.7 Å². The van der Waals surface area contributed by atoms with E-state index < -0.39 is 5.54 Å². The lowest BCUT2D eigenvalue weighted by atomic mass is 10.1. The fraction of sp³-hybridized carbons (Fsp3) is 0.364. The van der Waals surface area contributed by atoms with Crippen LogP contribution in [0.4, 0.5) is 5.69 Å². The number of nitrogens with two attached hydrogens (primary N) is 1. The third-order valence-corrected chi connectivity index (χ3v) is 3.03. The number of amides is 1. The number of carbonyl (C=O) groups is 1. The lowest BCUT2D eigenvalue weighted by Gasteiger charge is -2.15. The molecule has 1 saturated carbocycles. The van der Waals surface area contributed by atoms with Crippen molar-refractivity contribution in [2.45, 2.75) is 18.4 Å². The van der Waals surface area contributed by atoms with E-state index in [0.717, 1.165) is 12.8 Å². The van der Waals surface area contributed by atoms with Gasteiger partial charge in [0.15, 0.2) is 0 Å². The van der Waals surface area contributed by atoms with Crippen LogP contribution in [-0.4, -0.2) is 23.2 Å². The molecule has 86 valence electrons. The van der Waals surface area contributed by atoms with E-state index in [1.54, 1.807) is 12.1 Å². The van der Waals surface area contributed by atoms with Crippen molar-refractivity contribution in [3.8, 4) is 0 Å². The van der Waals surface area contributed by atoms with Crippen LogP contribution in [0, 0.1) is 0 Å². The molecule has 4 N–H and O–H groups in total. The van der Waals surface area contributed by atoms with Crippen molar-refractivity contribution in [1.29, 1.82) is 0 Å². The number of nitrogen functional groups attached to an aromatic ring is 1. The average Bonchev–Trinajstić information content (AvgIpc) is 2.98. The van der Waals surface area contributed by atoms with Gasteiger partial charge in [-0.3, -0.25) is 4.79 Å². The first kappa shape index (κ1) is 11.2. The standard InChI is InChI=1S/C11H13ClN2O2/c12-7-1-2-8(9(13)5-7)10(16)14-11(6-15)3-4-11/h1-2,5,15H,3-4,6,13H2,(H,14,16). The summed E-state index contributed by atoms with van der Waals surface area (Å²) in [5.74, 6) is -0.263.